The first-order chi connectivity index (χ1) is 18.5. The van der Waals surface area contributed by atoms with Gasteiger partial charge in [0.1, 0.15) is 23.6 Å². The molecule has 1 fully saturated rings. The van der Waals surface area contributed by atoms with Crippen LogP contribution in [0.25, 0.3) is 33.5 Å². The number of H-pyrrole nitrogens is 2. The van der Waals surface area contributed by atoms with Crippen LogP contribution in [0.4, 0.5) is 10.2 Å². The number of hydrogen-bond acceptors (Lipinski definition) is 7. The van der Waals surface area contributed by atoms with Crippen molar-refractivity contribution in [1.29, 1.82) is 5.26 Å². The minimum atomic E-state index is -0.503. The molecule has 0 amide bonds. The Bertz CT molecular complexity index is 1660. The molecule has 1 saturated heterocycles. The summed E-state index contributed by atoms with van der Waals surface area (Å²) in [4.78, 5) is 27.0. The Balaban J connectivity index is 1.20. The molecule has 0 saturated carbocycles. The molecule has 10 heteroatoms. The molecule has 0 atom stereocenters. The van der Waals surface area contributed by atoms with Gasteiger partial charge >= 0.3 is 0 Å². The third kappa shape index (κ3) is 4.22. The molecule has 0 unspecified atom stereocenters. The van der Waals surface area contributed by atoms with E-state index in [4.69, 9.17) is 15.0 Å². The summed E-state index contributed by atoms with van der Waals surface area (Å²) in [6, 6.07) is 13.1. The molecular formula is C28H25FN8O. The SMILES string of the molecule is COc1ncc(-c2[nH]c(C3CCN(c4ncnc5[nH]c(-c6ccc(C#N)cc6)cc45)CC3)nc2C)cc1F. The van der Waals surface area contributed by atoms with Crippen molar-refractivity contribution < 1.29 is 9.13 Å². The van der Waals surface area contributed by atoms with Gasteiger partial charge in [-0.25, -0.2) is 24.3 Å². The average Bonchev–Trinajstić information content (AvgIpc) is 3.57. The van der Waals surface area contributed by atoms with Gasteiger partial charge in [0.2, 0.25) is 5.88 Å². The zero-order valence-corrected chi connectivity index (χ0v) is 21.0. The highest BCUT2D eigenvalue weighted by Crippen LogP contribution is 2.34. The first-order valence-electron chi connectivity index (χ1n) is 12.4. The van der Waals surface area contributed by atoms with Crippen LogP contribution >= 0.6 is 0 Å². The first kappa shape index (κ1) is 23.6. The molecular weight excluding hydrogens is 483 g/mol. The monoisotopic (exact) mass is 508 g/mol. The molecule has 0 spiro atoms. The number of aryl methyl sites for hydroxylation is 1. The molecule has 5 aromatic rings. The molecule has 6 rings (SSSR count). The third-order valence-corrected chi connectivity index (χ3v) is 7.10. The predicted octanol–water partition coefficient (Wildman–Crippen LogP) is 5.12. The largest absolute Gasteiger partial charge is 0.479 e. The number of nitriles is 1. The molecule has 1 aliphatic rings. The quantitative estimate of drug-likeness (QED) is 0.338. The van der Waals surface area contributed by atoms with Crippen molar-refractivity contribution in [3.63, 3.8) is 0 Å². The maximum atomic E-state index is 14.2. The van der Waals surface area contributed by atoms with Crippen LogP contribution in [0.5, 0.6) is 5.88 Å². The van der Waals surface area contributed by atoms with Crippen molar-refractivity contribution in [3.05, 3.63) is 71.8 Å². The van der Waals surface area contributed by atoms with E-state index in [0.717, 1.165) is 71.3 Å². The lowest BCUT2D eigenvalue weighted by Crippen LogP contribution is -2.33. The van der Waals surface area contributed by atoms with Gasteiger partial charge in [-0.05, 0) is 49.6 Å². The minimum absolute atomic E-state index is 0.0243. The first-order valence-corrected chi connectivity index (χ1v) is 12.4. The van der Waals surface area contributed by atoms with E-state index >= 15 is 0 Å². The lowest BCUT2D eigenvalue weighted by atomic mass is 9.96. The highest BCUT2D eigenvalue weighted by Gasteiger charge is 2.26. The normalized spacial score (nSPS) is 14.1. The Morgan fingerprint density at radius 2 is 1.84 bits per heavy atom. The van der Waals surface area contributed by atoms with E-state index < -0.39 is 5.82 Å². The van der Waals surface area contributed by atoms with Gasteiger partial charge in [0.15, 0.2) is 5.82 Å². The lowest BCUT2D eigenvalue weighted by molar-refractivity contribution is 0.369. The standard InChI is InChI=1S/C28H25FN8O/c1-16-24(20-11-22(29)28(38-2)31-14-20)36-25(34-16)19-7-9-37(10-8-19)27-21-12-23(35-26(21)32-15-33-27)18-5-3-17(13-30)4-6-18/h3-6,11-12,14-15,19H,7-10H2,1-2H3,(H,34,36)(H,32,33,35). The number of ether oxygens (including phenoxy) is 1. The second-order valence-electron chi connectivity index (χ2n) is 9.39. The van der Waals surface area contributed by atoms with Crippen LogP contribution in [0, 0.1) is 24.1 Å². The fourth-order valence-electron chi connectivity index (χ4n) is 5.09. The molecule has 190 valence electrons. The molecule has 1 aromatic carbocycles. The smallest absolute Gasteiger partial charge is 0.250 e. The Morgan fingerprint density at radius 1 is 1.05 bits per heavy atom. The molecule has 0 bridgehead atoms. The van der Waals surface area contributed by atoms with Crippen molar-refractivity contribution in [2.75, 3.05) is 25.1 Å². The van der Waals surface area contributed by atoms with E-state index in [2.05, 4.69) is 42.0 Å². The molecule has 0 radical (unpaired) electrons. The summed E-state index contributed by atoms with van der Waals surface area (Å²) in [6.07, 6.45) is 4.99. The average molecular weight is 509 g/mol. The van der Waals surface area contributed by atoms with Crippen molar-refractivity contribution in [1.82, 2.24) is 29.9 Å². The third-order valence-electron chi connectivity index (χ3n) is 7.10. The van der Waals surface area contributed by atoms with E-state index in [1.54, 1.807) is 12.5 Å². The number of methoxy groups -OCH3 is 1. The summed E-state index contributed by atoms with van der Waals surface area (Å²) in [7, 11) is 1.40. The van der Waals surface area contributed by atoms with Crippen molar-refractivity contribution in [3.8, 4) is 34.5 Å². The maximum Gasteiger partial charge on any atom is 0.250 e. The van der Waals surface area contributed by atoms with Gasteiger partial charge in [0.25, 0.3) is 0 Å². The molecule has 5 heterocycles. The second-order valence-corrected chi connectivity index (χ2v) is 9.39. The number of anilines is 1. The number of fused-ring (bicyclic) bond motifs is 1. The number of rotatable bonds is 5. The summed E-state index contributed by atoms with van der Waals surface area (Å²) < 4.78 is 19.2. The number of imidazole rings is 1. The summed E-state index contributed by atoms with van der Waals surface area (Å²) >= 11 is 0. The summed E-state index contributed by atoms with van der Waals surface area (Å²) in [6.45, 7) is 3.56. The van der Waals surface area contributed by atoms with Gasteiger partial charge in [-0.2, -0.15) is 5.26 Å². The van der Waals surface area contributed by atoms with Crippen LogP contribution in [-0.2, 0) is 0 Å². The Kier molecular flexibility index (Phi) is 5.96. The number of aromatic nitrogens is 6. The Hall–Kier alpha value is -4.78. The number of nitrogens with zero attached hydrogens (tertiary/aromatic N) is 6. The van der Waals surface area contributed by atoms with E-state index in [9.17, 15) is 4.39 Å². The van der Waals surface area contributed by atoms with Crippen LogP contribution < -0.4 is 9.64 Å². The molecule has 2 N–H and O–H groups in total. The summed E-state index contributed by atoms with van der Waals surface area (Å²) in [5.74, 6) is 1.54. The van der Waals surface area contributed by atoms with Crippen molar-refractivity contribution in [2.24, 2.45) is 0 Å². The zero-order valence-electron chi connectivity index (χ0n) is 21.0. The number of benzene rings is 1. The van der Waals surface area contributed by atoms with E-state index in [1.807, 2.05) is 31.2 Å². The molecule has 1 aliphatic heterocycles. The molecule has 9 nitrogen and oxygen atoms in total. The number of piperidine rings is 1. The maximum absolute atomic E-state index is 14.2. The van der Waals surface area contributed by atoms with E-state index in [-0.39, 0.29) is 11.8 Å². The fraction of sp³-hybridized carbons (Fsp3) is 0.250. The molecule has 0 aliphatic carbocycles. The fourth-order valence-corrected chi connectivity index (χ4v) is 5.09. The summed E-state index contributed by atoms with van der Waals surface area (Å²) in [5, 5.41) is 10.0. The minimum Gasteiger partial charge on any atom is -0.479 e. The van der Waals surface area contributed by atoms with Gasteiger partial charge in [-0.15, -0.1) is 0 Å². The van der Waals surface area contributed by atoms with Gasteiger partial charge in [-0.3, -0.25) is 0 Å². The Labute approximate surface area is 218 Å². The topological polar surface area (TPSA) is 119 Å². The van der Waals surface area contributed by atoms with Gasteiger partial charge < -0.3 is 19.6 Å². The molecule has 38 heavy (non-hydrogen) atoms. The van der Waals surface area contributed by atoms with Crippen molar-refractivity contribution >= 4 is 16.9 Å². The number of aromatic amines is 2. The Morgan fingerprint density at radius 3 is 2.55 bits per heavy atom. The number of hydrogen-bond donors (Lipinski definition) is 2. The lowest BCUT2D eigenvalue weighted by Gasteiger charge is -2.32. The highest BCUT2D eigenvalue weighted by molar-refractivity contribution is 5.92. The van der Waals surface area contributed by atoms with Crippen LogP contribution in [-0.4, -0.2) is 50.1 Å². The predicted molar refractivity (Wildman–Crippen MR) is 141 cm³/mol. The van der Waals surface area contributed by atoms with Crippen LogP contribution in [0.15, 0.2) is 48.9 Å². The van der Waals surface area contributed by atoms with Crippen LogP contribution in [0.1, 0.15) is 35.8 Å². The van der Waals surface area contributed by atoms with Gasteiger partial charge in [0.05, 0.1) is 35.5 Å². The number of nitrogens with one attached hydrogen (secondary N) is 2. The van der Waals surface area contributed by atoms with E-state index in [1.165, 1.54) is 13.2 Å². The molecule has 4 aromatic heterocycles. The van der Waals surface area contributed by atoms with E-state index in [0.29, 0.717) is 11.1 Å². The zero-order chi connectivity index (χ0) is 26.2. The van der Waals surface area contributed by atoms with Crippen LogP contribution in [0.3, 0.4) is 0 Å². The van der Waals surface area contributed by atoms with Crippen LogP contribution in [0.2, 0.25) is 0 Å². The number of halogens is 1. The van der Waals surface area contributed by atoms with Gasteiger partial charge in [-0.1, -0.05) is 12.1 Å². The summed E-state index contributed by atoms with van der Waals surface area (Å²) in [5.41, 5.74) is 5.56. The highest BCUT2D eigenvalue weighted by atomic mass is 19.1. The second kappa shape index (κ2) is 9.59. The number of pyridine rings is 1. The van der Waals surface area contributed by atoms with Crippen molar-refractivity contribution in [2.45, 2.75) is 25.7 Å². The van der Waals surface area contributed by atoms with Gasteiger partial charge in [0, 0.05) is 36.5 Å².